The molecule has 1 amide bonds. The Labute approximate surface area is 136 Å². The zero-order valence-corrected chi connectivity index (χ0v) is 14.0. The molecule has 0 aliphatic rings. The fourth-order valence-electron chi connectivity index (χ4n) is 2.68. The van der Waals surface area contributed by atoms with Crippen molar-refractivity contribution in [1.82, 2.24) is 14.5 Å². The molecular weight excluding hydrogens is 294 g/mol. The first-order valence-corrected chi connectivity index (χ1v) is 7.48. The van der Waals surface area contributed by atoms with E-state index in [1.807, 2.05) is 37.6 Å². The second kappa shape index (κ2) is 7.28. The maximum atomic E-state index is 12.8. The van der Waals surface area contributed by atoms with Crippen LogP contribution in [0.15, 0.2) is 24.7 Å². The van der Waals surface area contributed by atoms with Gasteiger partial charge in [-0.3, -0.25) is 4.79 Å². The predicted octanol–water partition coefficient (Wildman–Crippen LogP) is 1.68. The van der Waals surface area contributed by atoms with Crippen LogP contribution < -0.4 is 4.74 Å². The second-order valence-electron chi connectivity index (χ2n) is 5.59. The fourth-order valence-corrected chi connectivity index (χ4v) is 2.68. The number of carbonyl (C=O) groups excluding carboxylic acids is 1. The van der Waals surface area contributed by atoms with E-state index in [1.165, 1.54) is 0 Å². The fraction of sp³-hybridized carbons (Fsp3) is 0.412. The van der Waals surface area contributed by atoms with Gasteiger partial charge in [0.1, 0.15) is 5.75 Å². The van der Waals surface area contributed by atoms with Crippen molar-refractivity contribution in [2.24, 2.45) is 7.05 Å². The number of hydrogen-bond donors (Lipinski definition) is 1. The van der Waals surface area contributed by atoms with Crippen molar-refractivity contribution >= 4 is 5.91 Å². The average Bonchev–Trinajstić information content (AvgIpc) is 2.91. The maximum Gasteiger partial charge on any atom is 0.254 e. The van der Waals surface area contributed by atoms with Gasteiger partial charge in [0.05, 0.1) is 32.3 Å². The van der Waals surface area contributed by atoms with Crippen LogP contribution in [0.3, 0.4) is 0 Å². The zero-order chi connectivity index (χ0) is 17.0. The van der Waals surface area contributed by atoms with E-state index >= 15 is 0 Å². The molecule has 6 heteroatoms. The maximum absolute atomic E-state index is 12.8. The molecule has 0 bridgehead atoms. The normalized spacial score (nSPS) is 10.7. The topological polar surface area (TPSA) is 67.6 Å². The Balaban J connectivity index is 2.29. The van der Waals surface area contributed by atoms with Gasteiger partial charge in [0.25, 0.3) is 5.91 Å². The summed E-state index contributed by atoms with van der Waals surface area (Å²) in [7, 11) is 3.50. The molecule has 1 aromatic carbocycles. The molecule has 0 saturated heterocycles. The summed E-state index contributed by atoms with van der Waals surface area (Å²) in [5, 5.41) is 9.29. The van der Waals surface area contributed by atoms with E-state index in [0.29, 0.717) is 12.1 Å². The summed E-state index contributed by atoms with van der Waals surface area (Å²) in [6.07, 6.45) is 3.42. The number of ether oxygens (including phenoxy) is 1. The molecule has 1 aromatic heterocycles. The van der Waals surface area contributed by atoms with Crippen molar-refractivity contribution in [2.75, 3.05) is 20.3 Å². The van der Waals surface area contributed by atoms with E-state index in [4.69, 9.17) is 4.74 Å². The molecule has 0 spiro atoms. The predicted molar refractivity (Wildman–Crippen MR) is 87.5 cm³/mol. The van der Waals surface area contributed by atoms with Crippen molar-refractivity contribution in [2.45, 2.75) is 20.4 Å². The molecule has 2 aromatic rings. The number of benzene rings is 1. The lowest BCUT2D eigenvalue weighted by Crippen LogP contribution is -2.33. The number of imidazole rings is 1. The average molecular weight is 317 g/mol. The lowest BCUT2D eigenvalue weighted by molar-refractivity contribution is 0.0704. The molecule has 1 heterocycles. The molecule has 0 aliphatic heterocycles. The molecule has 6 nitrogen and oxygen atoms in total. The highest BCUT2D eigenvalue weighted by atomic mass is 16.5. The van der Waals surface area contributed by atoms with Crippen LogP contribution in [0.4, 0.5) is 0 Å². The first kappa shape index (κ1) is 17.0. The van der Waals surface area contributed by atoms with Crippen molar-refractivity contribution in [1.29, 1.82) is 0 Å². The van der Waals surface area contributed by atoms with Gasteiger partial charge in [-0.2, -0.15) is 0 Å². The number of methoxy groups -OCH3 is 1. The Morgan fingerprint density at radius 2 is 2.00 bits per heavy atom. The van der Waals surface area contributed by atoms with Crippen molar-refractivity contribution in [3.8, 4) is 5.75 Å². The highest BCUT2D eigenvalue weighted by Gasteiger charge is 2.19. The van der Waals surface area contributed by atoms with Gasteiger partial charge in [0, 0.05) is 25.4 Å². The SMILES string of the molecule is COc1c(C)cc(C(=O)N(CCO)Cc2cncn2C)cc1C. The van der Waals surface area contributed by atoms with Gasteiger partial charge >= 0.3 is 0 Å². The first-order chi connectivity index (χ1) is 11.0. The molecule has 0 aliphatic carbocycles. The van der Waals surface area contributed by atoms with Crippen molar-refractivity contribution in [3.63, 3.8) is 0 Å². The quantitative estimate of drug-likeness (QED) is 0.880. The van der Waals surface area contributed by atoms with Gasteiger partial charge in [-0.25, -0.2) is 4.98 Å². The molecule has 1 N–H and O–H groups in total. The van der Waals surface area contributed by atoms with E-state index in [2.05, 4.69) is 4.98 Å². The highest BCUT2D eigenvalue weighted by Crippen LogP contribution is 2.25. The number of aryl methyl sites for hydroxylation is 3. The summed E-state index contributed by atoms with van der Waals surface area (Å²) in [6.45, 7) is 4.42. The smallest absolute Gasteiger partial charge is 0.254 e. The van der Waals surface area contributed by atoms with E-state index in [1.54, 1.807) is 24.5 Å². The van der Waals surface area contributed by atoms with Gasteiger partial charge in [-0.15, -0.1) is 0 Å². The minimum absolute atomic E-state index is 0.0856. The minimum atomic E-state index is -0.117. The number of aliphatic hydroxyl groups excluding tert-OH is 1. The summed E-state index contributed by atoms with van der Waals surface area (Å²) >= 11 is 0. The lowest BCUT2D eigenvalue weighted by atomic mass is 10.0. The Hall–Kier alpha value is -2.34. The number of aliphatic hydroxyl groups is 1. The van der Waals surface area contributed by atoms with Crippen LogP contribution in [0.5, 0.6) is 5.75 Å². The van der Waals surface area contributed by atoms with Gasteiger partial charge < -0.3 is 19.3 Å². The van der Waals surface area contributed by atoms with Crippen LogP contribution in [0.25, 0.3) is 0 Å². The summed E-state index contributed by atoms with van der Waals surface area (Å²) in [5.41, 5.74) is 3.34. The monoisotopic (exact) mass is 317 g/mol. The first-order valence-electron chi connectivity index (χ1n) is 7.48. The third kappa shape index (κ3) is 3.71. The van der Waals surface area contributed by atoms with Gasteiger partial charge in [-0.05, 0) is 37.1 Å². The van der Waals surface area contributed by atoms with Gasteiger partial charge in [0.2, 0.25) is 0 Å². The Morgan fingerprint density at radius 3 is 2.48 bits per heavy atom. The minimum Gasteiger partial charge on any atom is -0.496 e. The van der Waals surface area contributed by atoms with Crippen molar-refractivity contribution in [3.05, 3.63) is 47.0 Å². The molecule has 0 unspecified atom stereocenters. The zero-order valence-electron chi connectivity index (χ0n) is 14.0. The molecular formula is C17H23N3O3. The van der Waals surface area contributed by atoms with Crippen LogP contribution in [-0.2, 0) is 13.6 Å². The molecule has 0 atom stereocenters. The molecule has 0 radical (unpaired) electrons. The molecule has 124 valence electrons. The van der Waals surface area contributed by atoms with Crippen LogP contribution >= 0.6 is 0 Å². The summed E-state index contributed by atoms with van der Waals surface area (Å²) in [5.74, 6) is 0.677. The van der Waals surface area contributed by atoms with E-state index in [0.717, 1.165) is 22.6 Å². The van der Waals surface area contributed by atoms with E-state index in [-0.39, 0.29) is 19.1 Å². The van der Waals surface area contributed by atoms with Gasteiger partial charge in [0.15, 0.2) is 0 Å². The second-order valence-corrected chi connectivity index (χ2v) is 5.59. The Bertz CT molecular complexity index is 671. The number of aromatic nitrogens is 2. The Kier molecular flexibility index (Phi) is 5.39. The molecule has 0 fully saturated rings. The third-order valence-electron chi connectivity index (χ3n) is 3.84. The highest BCUT2D eigenvalue weighted by molar-refractivity contribution is 5.95. The molecule has 0 saturated carbocycles. The van der Waals surface area contributed by atoms with E-state index < -0.39 is 0 Å². The Morgan fingerprint density at radius 1 is 1.35 bits per heavy atom. The molecule has 23 heavy (non-hydrogen) atoms. The summed E-state index contributed by atoms with van der Waals surface area (Å²) < 4.78 is 7.21. The number of carbonyl (C=O) groups is 1. The van der Waals surface area contributed by atoms with Gasteiger partial charge in [-0.1, -0.05) is 0 Å². The molecule has 2 rings (SSSR count). The number of hydrogen-bond acceptors (Lipinski definition) is 4. The van der Waals surface area contributed by atoms with Crippen LogP contribution in [-0.4, -0.2) is 45.7 Å². The number of nitrogens with zero attached hydrogens (tertiary/aromatic N) is 3. The third-order valence-corrected chi connectivity index (χ3v) is 3.84. The lowest BCUT2D eigenvalue weighted by Gasteiger charge is -2.23. The van der Waals surface area contributed by atoms with Crippen LogP contribution in [0.1, 0.15) is 27.2 Å². The van der Waals surface area contributed by atoms with Crippen LogP contribution in [0, 0.1) is 13.8 Å². The van der Waals surface area contributed by atoms with Crippen LogP contribution in [0.2, 0.25) is 0 Å². The number of amides is 1. The number of rotatable bonds is 6. The largest absolute Gasteiger partial charge is 0.496 e. The van der Waals surface area contributed by atoms with E-state index in [9.17, 15) is 9.90 Å². The van der Waals surface area contributed by atoms with Crippen molar-refractivity contribution < 1.29 is 14.6 Å². The summed E-state index contributed by atoms with van der Waals surface area (Å²) in [4.78, 5) is 18.5. The standard InChI is InChI=1S/C17H23N3O3/c1-12-7-14(8-13(2)16(12)23-4)17(22)20(5-6-21)10-15-9-18-11-19(15)3/h7-9,11,21H,5-6,10H2,1-4H3. The summed E-state index contributed by atoms with van der Waals surface area (Å²) in [6, 6.07) is 3.64.